The highest BCUT2D eigenvalue weighted by Crippen LogP contribution is 2.30. The molecule has 3 aliphatic rings. The van der Waals surface area contributed by atoms with E-state index in [1.165, 1.54) is 0 Å². The predicted molar refractivity (Wildman–Crippen MR) is 171 cm³/mol. The van der Waals surface area contributed by atoms with Gasteiger partial charge in [-0.25, -0.2) is 9.98 Å². The molecule has 10 heteroatoms. The summed E-state index contributed by atoms with van der Waals surface area (Å²) in [6.45, 7) is 4.90. The first-order valence-electron chi connectivity index (χ1n) is 14.5. The van der Waals surface area contributed by atoms with Crippen molar-refractivity contribution in [3.8, 4) is 0 Å². The summed E-state index contributed by atoms with van der Waals surface area (Å²) < 4.78 is 11.1. The lowest BCUT2D eigenvalue weighted by Crippen LogP contribution is -2.41. The minimum atomic E-state index is -0.323. The van der Waals surface area contributed by atoms with Gasteiger partial charge in [-0.3, -0.25) is 9.59 Å². The number of benzene rings is 3. The Morgan fingerprint density at radius 3 is 2.59 bits per heavy atom. The number of anilines is 2. The van der Waals surface area contributed by atoms with Crippen LogP contribution in [-0.2, 0) is 4.74 Å². The zero-order valence-corrected chi connectivity index (χ0v) is 24.1. The molecule has 1 aromatic heterocycles. The summed E-state index contributed by atoms with van der Waals surface area (Å²) >= 11 is 0. The molecule has 0 radical (unpaired) electrons. The van der Waals surface area contributed by atoms with Crippen LogP contribution in [0, 0.1) is 6.92 Å². The topological polar surface area (TPSA) is 112 Å². The fourth-order valence-corrected chi connectivity index (χ4v) is 5.42. The van der Waals surface area contributed by atoms with Crippen molar-refractivity contribution in [3.63, 3.8) is 0 Å². The zero-order valence-electron chi connectivity index (χ0n) is 24.1. The van der Waals surface area contributed by atoms with Gasteiger partial charge >= 0.3 is 0 Å². The molecule has 1 fully saturated rings. The molecule has 2 amide bonds. The van der Waals surface area contributed by atoms with E-state index in [0.717, 1.165) is 27.9 Å². The number of furan rings is 1. The highest BCUT2D eigenvalue weighted by atomic mass is 16.5. The lowest BCUT2D eigenvalue weighted by atomic mass is 10.0. The van der Waals surface area contributed by atoms with Gasteiger partial charge in [0.15, 0.2) is 17.4 Å². The molecule has 220 valence electrons. The van der Waals surface area contributed by atoms with Crippen molar-refractivity contribution in [2.24, 2.45) is 9.98 Å². The van der Waals surface area contributed by atoms with Crippen molar-refractivity contribution in [1.82, 2.24) is 9.80 Å². The van der Waals surface area contributed by atoms with Crippen LogP contribution >= 0.6 is 0 Å². The quantitative estimate of drug-likeness (QED) is 0.319. The van der Waals surface area contributed by atoms with Gasteiger partial charge in [0.25, 0.3) is 11.8 Å². The van der Waals surface area contributed by atoms with E-state index in [2.05, 4.69) is 15.6 Å². The van der Waals surface area contributed by atoms with Gasteiger partial charge in [-0.1, -0.05) is 30.3 Å². The average Bonchev–Trinajstić information content (AvgIpc) is 3.51. The van der Waals surface area contributed by atoms with Crippen molar-refractivity contribution in [1.29, 1.82) is 0 Å². The normalized spacial score (nSPS) is 16.2. The number of para-hydroxylation sites is 1. The van der Waals surface area contributed by atoms with Crippen LogP contribution in [0.2, 0.25) is 0 Å². The van der Waals surface area contributed by atoms with Crippen LogP contribution in [-0.4, -0.2) is 66.1 Å². The Morgan fingerprint density at radius 2 is 1.77 bits per heavy atom. The largest absolute Gasteiger partial charge is 0.451 e. The Morgan fingerprint density at radius 1 is 0.955 bits per heavy atom. The fraction of sp³-hybridized carbons (Fsp3) is 0.176. The van der Waals surface area contributed by atoms with Gasteiger partial charge in [-0.2, -0.15) is 0 Å². The lowest BCUT2D eigenvalue weighted by Gasteiger charge is -2.29. The van der Waals surface area contributed by atoms with Crippen molar-refractivity contribution in [2.75, 3.05) is 43.5 Å². The third kappa shape index (κ3) is 5.38. The Kier molecular flexibility index (Phi) is 7.25. The first-order chi connectivity index (χ1) is 21.5. The monoisotopic (exact) mass is 586 g/mol. The van der Waals surface area contributed by atoms with E-state index < -0.39 is 0 Å². The number of hydrogen-bond donors (Lipinski definition) is 2. The minimum absolute atomic E-state index is 0.00388. The van der Waals surface area contributed by atoms with Crippen LogP contribution in [0.1, 0.15) is 32.0 Å². The van der Waals surface area contributed by atoms with Gasteiger partial charge in [-0.05, 0) is 61.0 Å². The van der Waals surface area contributed by atoms with E-state index in [9.17, 15) is 9.59 Å². The number of morpholine rings is 1. The molecule has 0 saturated carbocycles. The summed E-state index contributed by atoms with van der Waals surface area (Å²) in [5.74, 6) is 1.19. The first-order valence-corrected chi connectivity index (χ1v) is 14.5. The smallest absolute Gasteiger partial charge is 0.291 e. The van der Waals surface area contributed by atoms with E-state index in [4.69, 9.17) is 14.1 Å². The molecule has 0 unspecified atom stereocenters. The fourth-order valence-electron chi connectivity index (χ4n) is 5.42. The van der Waals surface area contributed by atoms with Crippen LogP contribution in [0.5, 0.6) is 0 Å². The van der Waals surface area contributed by atoms with E-state index in [-0.39, 0.29) is 17.6 Å². The maximum absolute atomic E-state index is 13.1. The molecule has 7 rings (SSSR count). The predicted octanol–water partition coefficient (Wildman–Crippen LogP) is 5.52. The molecule has 10 nitrogen and oxygen atoms in total. The molecule has 0 aliphatic carbocycles. The van der Waals surface area contributed by atoms with Gasteiger partial charge in [0.1, 0.15) is 5.58 Å². The van der Waals surface area contributed by atoms with Gasteiger partial charge in [0.05, 0.1) is 18.9 Å². The second-order valence-corrected chi connectivity index (χ2v) is 10.7. The van der Waals surface area contributed by atoms with Crippen LogP contribution in [0.15, 0.2) is 106 Å². The first kappa shape index (κ1) is 27.4. The number of aliphatic imine (C=N–C) groups is 2. The molecule has 0 spiro atoms. The maximum atomic E-state index is 13.1. The van der Waals surface area contributed by atoms with Gasteiger partial charge in [0, 0.05) is 59.9 Å². The Balaban J connectivity index is 1.14. The number of fused-ring (bicyclic) bond motifs is 2. The van der Waals surface area contributed by atoms with Crippen molar-refractivity contribution >= 4 is 51.5 Å². The third-order valence-corrected chi connectivity index (χ3v) is 7.80. The molecule has 44 heavy (non-hydrogen) atoms. The number of nitrogens with zero attached hydrogens (tertiary/aromatic N) is 4. The SMILES string of the molecule is Cc1c(NC(=O)c2cc3ccccc3o2)cccc1C1=CN2CC=CN=C2C(Nc2ccc(C(=O)N3CCOCC3)cc2)=N1. The second-order valence-electron chi connectivity index (χ2n) is 10.7. The van der Waals surface area contributed by atoms with Crippen LogP contribution in [0.4, 0.5) is 11.4 Å². The molecular formula is C34H30N6O4. The van der Waals surface area contributed by atoms with Crippen LogP contribution < -0.4 is 10.6 Å². The Labute approximate surface area is 254 Å². The van der Waals surface area contributed by atoms with Gasteiger partial charge in [0.2, 0.25) is 0 Å². The number of carbonyl (C=O) groups is 2. The minimum Gasteiger partial charge on any atom is -0.451 e. The van der Waals surface area contributed by atoms with E-state index in [1.807, 2.05) is 95.7 Å². The Bertz CT molecular complexity index is 1850. The van der Waals surface area contributed by atoms with Crippen molar-refractivity contribution < 1.29 is 18.7 Å². The summed E-state index contributed by atoms with van der Waals surface area (Å²) in [4.78, 5) is 39.4. The Hall–Kier alpha value is -5.48. The molecule has 1 saturated heterocycles. The number of amides is 2. The number of carbonyl (C=O) groups excluding carboxylic acids is 2. The van der Waals surface area contributed by atoms with Gasteiger partial charge < -0.3 is 29.6 Å². The summed E-state index contributed by atoms with van der Waals surface area (Å²) in [6, 6.07) is 22.4. The third-order valence-electron chi connectivity index (χ3n) is 7.80. The molecule has 0 bridgehead atoms. The number of hydrogen-bond acceptors (Lipinski definition) is 8. The highest BCUT2D eigenvalue weighted by molar-refractivity contribution is 6.46. The second kappa shape index (κ2) is 11.7. The number of rotatable bonds is 5. The summed E-state index contributed by atoms with van der Waals surface area (Å²) in [5.41, 5.74) is 5.19. The molecule has 3 aliphatic heterocycles. The maximum Gasteiger partial charge on any atom is 0.291 e. The number of amidine groups is 2. The summed E-state index contributed by atoms with van der Waals surface area (Å²) in [7, 11) is 0. The molecular weight excluding hydrogens is 556 g/mol. The van der Waals surface area contributed by atoms with Crippen LogP contribution in [0.25, 0.3) is 16.7 Å². The molecule has 0 atom stereocenters. The summed E-state index contributed by atoms with van der Waals surface area (Å²) in [5, 5.41) is 7.28. The lowest BCUT2D eigenvalue weighted by molar-refractivity contribution is 0.0303. The van der Waals surface area contributed by atoms with Crippen molar-refractivity contribution in [3.05, 3.63) is 114 Å². The molecule has 4 heterocycles. The standard InChI is InChI=1S/C34H30N6O4/c1-22-26(7-4-8-27(22)38-33(41)30-20-24-6-2-3-9-29(24)44-30)28-21-40-15-5-14-35-32(40)31(37-28)36-25-12-10-23(11-13-25)34(42)39-16-18-43-19-17-39/h2-14,20-21H,15-19H2,1H3,(H,36,37)(H,38,41). The van der Waals surface area contributed by atoms with Gasteiger partial charge in [-0.15, -0.1) is 0 Å². The van der Waals surface area contributed by atoms with E-state index in [0.29, 0.717) is 61.4 Å². The number of ether oxygens (including phenoxy) is 1. The molecule has 2 N–H and O–H groups in total. The van der Waals surface area contributed by atoms with Crippen molar-refractivity contribution in [2.45, 2.75) is 6.92 Å². The highest BCUT2D eigenvalue weighted by Gasteiger charge is 2.25. The zero-order chi connectivity index (χ0) is 30.0. The van der Waals surface area contributed by atoms with Crippen LogP contribution in [0.3, 0.4) is 0 Å². The van der Waals surface area contributed by atoms with E-state index in [1.54, 1.807) is 12.3 Å². The van der Waals surface area contributed by atoms with E-state index >= 15 is 0 Å². The average molecular weight is 587 g/mol. The number of nitrogens with one attached hydrogen (secondary N) is 2. The summed E-state index contributed by atoms with van der Waals surface area (Å²) in [6.07, 6.45) is 5.71. The molecule has 3 aromatic carbocycles. The molecule has 4 aromatic rings.